The van der Waals surface area contributed by atoms with Crippen molar-refractivity contribution in [3.63, 3.8) is 0 Å². The Morgan fingerprint density at radius 3 is 2.56 bits per heavy atom. The van der Waals surface area contributed by atoms with E-state index in [0.29, 0.717) is 38.2 Å². The Labute approximate surface area is 189 Å². The monoisotopic (exact) mass is 427 g/mol. The van der Waals surface area contributed by atoms with Crippen molar-refractivity contribution in [2.75, 3.05) is 26.2 Å². The highest BCUT2D eigenvalue weighted by atomic mass is 16.2. The van der Waals surface area contributed by atoms with Gasteiger partial charge in [0, 0.05) is 44.1 Å². The van der Waals surface area contributed by atoms with Crippen LogP contribution in [0.5, 0.6) is 0 Å². The van der Waals surface area contributed by atoms with Gasteiger partial charge in [-0.3, -0.25) is 14.6 Å². The average molecular weight is 428 g/mol. The van der Waals surface area contributed by atoms with Gasteiger partial charge in [0.05, 0.1) is 5.92 Å². The third kappa shape index (κ3) is 4.72. The molecule has 4 rings (SSSR count). The van der Waals surface area contributed by atoms with E-state index in [0.717, 1.165) is 11.1 Å². The summed E-state index contributed by atoms with van der Waals surface area (Å²) in [6.45, 7) is 6.28. The van der Waals surface area contributed by atoms with Gasteiger partial charge in [0.25, 0.3) is 5.91 Å². The predicted octanol–water partition coefficient (Wildman–Crippen LogP) is 4.22. The van der Waals surface area contributed by atoms with Crippen molar-refractivity contribution in [2.45, 2.75) is 20.3 Å². The van der Waals surface area contributed by atoms with Crippen molar-refractivity contribution in [3.8, 4) is 11.1 Å². The number of pyridine rings is 1. The molecule has 0 radical (unpaired) electrons. The van der Waals surface area contributed by atoms with E-state index in [1.165, 1.54) is 11.1 Å². The predicted molar refractivity (Wildman–Crippen MR) is 126 cm³/mol. The third-order valence-corrected chi connectivity index (χ3v) is 6.20. The van der Waals surface area contributed by atoms with E-state index in [1.54, 1.807) is 24.5 Å². The van der Waals surface area contributed by atoms with E-state index in [1.807, 2.05) is 28.9 Å². The Kier molecular flexibility index (Phi) is 6.64. The number of aromatic nitrogens is 1. The molecule has 1 atom stereocenters. The van der Waals surface area contributed by atoms with E-state index in [2.05, 4.69) is 48.3 Å². The highest BCUT2D eigenvalue weighted by Gasteiger charge is 2.32. The number of benzene rings is 2. The highest BCUT2D eigenvalue weighted by Crippen LogP contribution is 2.26. The molecule has 0 bridgehead atoms. The number of aryl methyl sites for hydroxylation is 1. The summed E-state index contributed by atoms with van der Waals surface area (Å²) in [6, 6.07) is 20.2. The lowest BCUT2D eigenvalue weighted by molar-refractivity contribution is -0.134. The third-order valence-electron chi connectivity index (χ3n) is 6.20. The summed E-state index contributed by atoms with van der Waals surface area (Å²) in [7, 11) is 0. The first-order valence-corrected chi connectivity index (χ1v) is 11.2. The molecule has 0 N–H and O–H groups in total. The molecule has 1 saturated heterocycles. The van der Waals surface area contributed by atoms with Crippen LogP contribution in [0.15, 0.2) is 73.1 Å². The molecule has 3 aromatic rings. The molecule has 5 nitrogen and oxygen atoms in total. The molecule has 32 heavy (non-hydrogen) atoms. The zero-order valence-electron chi connectivity index (χ0n) is 18.7. The van der Waals surface area contributed by atoms with Crippen LogP contribution in [0, 0.1) is 12.8 Å². The number of amides is 2. The molecule has 0 unspecified atom stereocenters. The fraction of sp³-hybridized carbons (Fsp3) is 0.296. The van der Waals surface area contributed by atoms with Crippen molar-refractivity contribution >= 4 is 11.8 Å². The SMILES string of the molecule is CCN1CCN(C(=O)c2ccncc2)C[C@H](Cc2cccc(-c3ccccc3C)c2)C1=O. The number of hydrogen-bond acceptors (Lipinski definition) is 3. The summed E-state index contributed by atoms with van der Waals surface area (Å²) < 4.78 is 0. The number of likely N-dealkylation sites (N-methyl/N-ethyl adjacent to an activating group) is 1. The quantitative estimate of drug-likeness (QED) is 0.613. The number of nitrogens with zero attached hydrogens (tertiary/aromatic N) is 3. The molecule has 0 aliphatic carbocycles. The van der Waals surface area contributed by atoms with Crippen molar-refractivity contribution in [1.82, 2.24) is 14.8 Å². The Bertz CT molecular complexity index is 1100. The Balaban J connectivity index is 1.59. The van der Waals surface area contributed by atoms with Gasteiger partial charge in [-0.25, -0.2) is 0 Å². The average Bonchev–Trinajstić information content (AvgIpc) is 2.98. The molecule has 1 aliphatic rings. The lowest BCUT2D eigenvalue weighted by Crippen LogP contribution is -2.37. The van der Waals surface area contributed by atoms with E-state index in [-0.39, 0.29) is 17.7 Å². The van der Waals surface area contributed by atoms with Crippen LogP contribution in [-0.4, -0.2) is 52.8 Å². The summed E-state index contributed by atoms with van der Waals surface area (Å²) >= 11 is 0. The fourth-order valence-electron chi connectivity index (χ4n) is 4.42. The van der Waals surface area contributed by atoms with E-state index >= 15 is 0 Å². The fourth-order valence-corrected chi connectivity index (χ4v) is 4.42. The van der Waals surface area contributed by atoms with Gasteiger partial charge in [-0.1, -0.05) is 48.5 Å². The van der Waals surface area contributed by atoms with Crippen molar-refractivity contribution in [3.05, 3.63) is 89.7 Å². The van der Waals surface area contributed by atoms with E-state index in [9.17, 15) is 9.59 Å². The van der Waals surface area contributed by atoms with Gasteiger partial charge >= 0.3 is 0 Å². The van der Waals surface area contributed by atoms with Crippen molar-refractivity contribution in [2.24, 2.45) is 5.92 Å². The highest BCUT2D eigenvalue weighted by molar-refractivity contribution is 5.94. The number of hydrogen-bond donors (Lipinski definition) is 0. The minimum atomic E-state index is -0.268. The number of rotatable bonds is 5. The molecule has 5 heteroatoms. The maximum Gasteiger partial charge on any atom is 0.254 e. The van der Waals surface area contributed by atoms with Crippen LogP contribution in [0.2, 0.25) is 0 Å². The van der Waals surface area contributed by atoms with Gasteiger partial charge in [0.1, 0.15) is 0 Å². The van der Waals surface area contributed by atoms with Crippen LogP contribution in [0.3, 0.4) is 0 Å². The van der Waals surface area contributed by atoms with E-state index < -0.39 is 0 Å². The molecule has 1 fully saturated rings. The zero-order chi connectivity index (χ0) is 22.5. The van der Waals surface area contributed by atoms with Gasteiger partial charge in [-0.15, -0.1) is 0 Å². The van der Waals surface area contributed by atoms with E-state index in [4.69, 9.17) is 0 Å². The standard InChI is InChI=1S/C27H29N3O2/c1-3-29-15-16-30(26(31)22-11-13-28-14-12-22)19-24(27(29)32)18-21-8-6-9-23(17-21)25-10-5-4-7-20(25)2/h4-14,17,24H,3,15-16,18-19H2,1-2H3/t24-/m0/s1. The van der Waals surface area contributed by atoms with Gasteiger partial charge in [0.2, 0.25) is 5.91 Å². The van der Waals surface area contributed by atoms with Gasteiger partial charge in [-0.2, -0.15) is 0 Å². The van der Waals surface area contributed by atoms with Gasteiger partial charge in [-0.05, 0) is 54.7 Å². The summed E-state index contributed by atoms with van der Waals surface area (Å²) in [5.74, 6) is -0.189. The van der Waals surface area contributed by atoms with Crippen LogP contribution in [0.1, 0.15) is 28.4 Å². The van der Waals surface area contributed by atoms with Gasteiger partial charge < -0.3 is 9.80 Å². The summed E-state index contributed by atoms with van der Waals surface area (Å²) in [4.78, 5) is 34.1. The molecular weight excluding hydrogens is 398 g/mol. The number of carbonyl (C=O) groups is 2. The second-order valence-electron chi connectivity index (χ2n) is 8.32. The maximum atomic E-state index is 13.3. The van der Waals surface area contributed by atoms with Crippen LogP contribution in [0.4, 0.5) is 0 Å². The lowest BCUT2D eigenvalue weighted by atomic mass is 9.93. The summed E-state index contributed by atoms with van der Waals surface area (Å²) in [5, 5.41) is 0. The summed E-state index contributed by atoms with van der Waals surface area (Å²) in [5.41, 5.74) is 5.29. The Hall–Kier alpha value is -3.47. The molecule has 164 valence electrons. The van der Waals surface area contributed by atoms with Crippen LogP contribution >= 0.6 is 0 Å². The summed E-state index contributed by atoms with van der Waals surface area (Å²) in [6.07, 6.45) is 3.86. The first-order chi connectivity index (χ1) is 15.6. The minimum absolute atomic E-state index is 0.0446. The van der Waals surface area contributed by atoms with Gasteiger partial charge in [0.15, 0.2) is 0 Å². The second kappa shape index (κ2) is 9.77. The normalized spacial score (nSPS) is 16.7. The zero-order valence-corrected chi connectivity index (χ0v) is 18.7. The molecule has 0 spiro atoms. The first kappa shape index (κ1) is 21.8. The molecule has 2 aromatic carbocycles. The van der Waals surface area contributed by atoms with Crippen LogP contribution in [-0.2, 0) is 11.2 Å². The molecule has 1 aliphatic heterocycles. The molecule has 2 heterocycles. The molecule has 1 aromatic heterocycles. The van der Waals surface area contributed by atoms with Crippen LogP contribution < -0.4 is 0 Å². The molecule has 2 amide bonds. The van der Waals surface area contributed by atoms with Crippen LogP contribution in [0.25, 0.3) is 11.1 Å². The maximum absolute atomic E-state index is 13.3. The Morgan fingerprint density at radius 2 is 1.81 bits per heavy atom. The Morgan fingerprint density at radius 1 is 1.03 bits per heavy atom. The van der Waals surface area contributed by atoms with Crippen molar-refractivity contribution < 1.29 is 9.59 Å². The molecular formula is C27H29N3O2. The smallest absolute Gasteiger partial charge is 0.254 e. The van der Waals surface area contributed by atoms with Crippen molar-refractivity contribution in [1.29, 1.82) is 0 Å². The number of carbonyl (C=O) groups excluding carboxylic acids is 2. The minimum Gasteiger partial charge on any atom is -0.341 e. The lowest BCUT2D eigenvalue weighted by Gasteiger charge is -2.24. The topological polar surface area (TPSA) is 53.5 Å². The molecule has 0 saturated carbocycles. The largest absolute Gasteiger partial charge is 0.341 e. The first-order valence-electron chi connectivity index (χ1n) is 11.2. The second-order valence-corrected chi connectivity index (χ2v) is 8.32.